The van der Waals surface area contributed by atoms with Crippen molar-refractivity contribution in [1.29, 1.82) is 0 Å². The average molecular weight is 170 g/mol. The first-order valence-corrected chi connectivity index (χ1v) is 4.58. The Morgan fingerprint density at radius 3 is 2.50 bits per heavy atom. The summed E-state index contributed by atoms with van der Waals surface area (Å²) >= 11 is 0. The van der Waals surface area contributed by atoms with E-state index in [0.29, 0.717) is 6.04 Å². The lowest BCUT2D eigenvalue weighted by atomic mass is 9.89. The molecule has 12 heavy (non-hydrogen) atoms. The summed E-state index contributed by atoms with van der Waals surface area (Å²) in [5, 5.41) is 6.13. The first kappa shape index (κ1) is 9.52. The van der Waals surface area contributed by atoms with E-state index < -0.39 is 0 Å². The molecular weight excluding hydrogens is 152 g/mol. The van der Waals surface area contributed by atoms with Gasteiger partial charge in [-0.3, -0.25) is 4.79 Å². The summed E-state index contributed by atoms with van der Waals surface area (Å²) in [6.45, 7) is 7.85. The standard InChI is InChI=1S/C9H18N2O/c1-4-9(2,3)8(12)11-7-5-10-6-7/h7,10H,4-6H2,1-3H3,(H,11,12). The third-order valence-corrected chi connectivity index (χ3v) is 2.62. The van der Waals surface area contributed by atoms with Gasteiger partial charge in [0, 0.05) is 18.5 Å². The third kappa shape index (κ3) is 1.97. The second kappa shape index (κ2) is 3.44. The van der Waals surface area contributed by atoms with Crippen molar-refractivity contribution in [2.24, 2.45) is 5.41 Å². The Balaban J connectivity index is 2.35. The molecule has 1 saturated heterocycles. The SMILES string of the molecule is CCC(C)(C)C(=O)NC1CNC1. The molecule has 1 amide bonds. The third-order valence-electron chi connectivity index (χ3n) is 2.62. The van der Waals surface area contributed by atoms with E-state index in [1.54, 1.807) is 0 Å². The Hall–Kier alpha value is -0.570. The molecule has 0 saturated carbocycles. The number of rotatable bonds is 3. The zero-order valence-corrected chi connectivity index (χ0v) is 8.11. The summed E-state index contributed by atoms with van der Waals surface area (Å²) in [6.07, 6.45) is 0.888. The van der Waals surface area contributed by atoms with Gasteiger partial charge >= 0.3 is 0 Å². The highest BCUT2D eigenvalue weighted by Crippen LogP contribution is 2.19. The fraction of sp³-hybridized carbons (Fsp3) is 0.889. The Labute approximate surface area is 73.9 Å². The Kier molecular flexibility index (Phi) is 2.73. The fourth-order valence-corrected chi connectivity index (χ4v) is 0.932. The van der Waals surface area contributed by atoms with Crippen LogP contribution in [0.4, 0.5) is 0 Å². The van der Waals surface area contributed by atoms with E-state index in [4.69, 9.17) is 0 Å². The van der Waals surface area contributed by atoms with Crippen LogP contribution in [0.5, 0.6) is 0 Å². The van der Waals surface area contributed by atoms with E-state index in [2.05, 4.69) is 10.6 Å². The minimum Gasteiger partial charge on any atom is -0.350 e. The van der Waals surface area contributed by atoms with Crippen molar-refractivity contribution in [3.8, 4) is 0 Å². The van der Waals surface area contributed by atoms with Crippen LogP contribution in [0.2, 0.25) is 0 Å². The van der Waals surface area contributed by atoms with Crippen molar-refractivity contribution in [2.75, 3.05) is 13.1 Å². The molecule has 3 nitrogen and oxygen atoms in total. The molecule has 0 bridgehead atoms. The predicted octanol–water partition coefficient (Wildman–Crippen LogP) is 0.511. The molecule has 1 fully saturated rings. The Morgan fingerprint density at radius 1 is 1.58 bits per heavy atom. The smallest absolute Gasteiger partial charge is 0.225 e. The normalized spacial score (nSPS) is 18.6. The topological polar surface area (TPSA) is 41.1 Å². The summed E-state index contributed by atoms with van der Waals surface area (Å²) < 4.78 is 0. The van der Waals surface area contributed by atoms with Gasteiger partial charge in [0.15, 0.2) is 0 Å². The number of hydrogen-bond acceptors (Lipinski definition) is 2. The first-order valence-electron chi connectivity index (χ1n) is 4.58. The monoisotopic (exact) mass is 170 g/mol. The number of carbonyl (C=O) groups is 1. The van der Waals surface area contributed by atoms with Crippen molar-refractivity contribution in [2.45, 2.75) is 33.2 Å². The second-order valence-corrected chi connectivity index (χ2v) is 4.07. The number of carbonyl (C=O) groups excluding carboxylic acids is 1. The van der Waals surface area contributed by atoms with Gasteiger partial charge in [-0.15, -0.1) is 0 Å². The largest absolute Gasteiger partial charge is 0.350 e. The van der Waals surface area contributed by atoms with Gasteiger partial charge in [-0.2, -0.15) is 0 Å². The summed E-state index contributed by atoms with van der Waals surface area (Å²) in [6, 6.07) is 0.364. The number of hydrogen-bond donors (Lipinski definition) is 2. The highest BCUT2D eigenvalue weighted by molar-refractivity contribution is 5.82. The van der Waals surface area contributed by atoms with Gasteiger partial charge < -0.3 is 10.6 Å². The van der Waals surface area contributed by atoms with Gasteiger partial charge in [0.1, 0.15) is 0 Å². The van der Waals surface area contributed by atoms with E-state index in [1.807, 2.05) is 20.8 Å². The van der Waals surface area contributed by atoms with Crippen LogP contribution < -0.4 is 10.6 Å². The van der Waals surface area contributed by atoms with Gasteiger partial charge in [-0.05, 0) is 6.42 Å². The molecule has 2 N–H and O–H groups in total. The highest BCUT2D eigenvalue weighted by atomic mass is 16.2. The van der Waals surface area contributed by atoms with Crippen LogP contribution in [-0.2, 0) is 4.79 Å². The van der Waals surface area contributed by atoms with E-state index in [9.17, 15) is 4.79 Å². The lowest BCUT2D eigenvalue weighted by Crippen LogP contribution is -2.58. The Morgan fingerprint density at radius 2 is 2.17 bits per heavy atom. The fourth-order valence-electron chi connectivity index (χ4n) is 0.932. The van der Waals surface area contributed by atoms with Crippen molar-refractivity contribution in [1.82, 2.24) is 10.6 Å². The highest BCUT2D eigenvalue weighted by Gasteiger charge is 2.28. The van der Waals surface area contributed by atoms with Crippen LogP contribution in [0.25, 0.3) is 0 Å². The van der Waals surface area contributed by atoms with E-state index in [-0.39, 0.29) is 11.3 Å². The van der Waals surface area contributed by atoms with Crippen molar-refractivity contribution in [3.63, 3.8) is 0 Å². The van der Waals surface area contributed by atoms with Crippen molar-refractivity contribution < 1.29 is 4.79 Å². The molecule has 0 aromatic carbocycles. The first-order chi connectivity index (χ1) is 5.56. The molecule has 1 aliphatic heterocycles. The summed E-state index contributed by atoms with van der Waals surface area (Å²) in [5.41, 5.74) is -0.213. The van der Waals surface area contributed by atoms with Crippen LogP contribution in [0.15, 0.2) is 0 Å². The molecule has 0 aromatic heterocycles. The molecule has 0 spiro atoms. The molecule has 0 aliphatic carbocycles. The van der Waals surface area contributed by atoms with Crippen LogP contribution in [0.3, 0.4) is 0 Å². The maximum Gasteiger partial charge on any atom is 0.225 e. The van der Waals surface area contributed by atoms with Crippen LogP contribution in [-0.4, -0.2) is 25.0 Å². The molecular formula is C9H18N2O. The maximum absolute atomic E-state index is 11.6. The average Bonchev–Trinajstić information content (AvgIpc) is 1.96. The van der Waals surface area contributed by atoms with Gasteiger partial charge in [0.25, 0.3) is 0 Å². The maximum atomic E-state index is 11.6. The molecule has 70 valence electrons. The minimum absolute atomic E-state index is 0.177. The Bertz CT molecular complexity index is 173. The van der Waals surface area contributed by atoms with Gasteiger partial charge in [0.2, 0.25) is 5.91 Å². The number of amides is 1. The van der Waals surface area contributed by atoms with E-state index in [1.165, 1.54) is 0 Å². The molecule has 1 rings (SSSR count). The molecule has 0 unspecified atom stereocenters. The van der Waals surface area contributed by atoms with E-state index >= 15 is 0 Å². The van der Waals surface area contributed by atoms with Crippen LogP contribution in [0, 0.1) is 5.41 Å². The molecule has 0 atom stereocenters. The van der Waals surface area contributed by atoms with Crippen LogP contribution >= 0.6 is 0 Å². The number of nitrogens with one attached hydrogen (secondary N) is 2. The van der Waals surface area contributed by atoms with E-state index in [0.717, 1.165) is 19.5 Å². The molecule has 3 heteroatoms. The quantitative estimate of drug-likeness (QED) is 0.648. The summed E-state index contributed by atoms with van der Waals surface area (Å²) in [5.74, 6) is 0.177. The minimum atomic E-state index is -0.213. The van der Waals surface area contributed by atoms with Gasteiger partial charge in [-0.1, -0.05) is 20.8 Å². The second-order valence-electron chi connectivity index (χ2n) is 4.07. The molecule has 0 aromatic rings. The summed E-state index contributed by atoms with van der Waals surface area (Å²) in [7, 11) is 0. The zero-order chi connectivity index (χ0) is 9.19. The van der Waals surface area contributed by atoms with Crippen LogP contribution in [0.1, 0.15) is 27.2 Å². The summed E-state index contributed by atoms with van der Waals surface area (Å²) in [4.78, 5) is 11.6. The lowest BCUT2D eigenvalue weighted by Gasteiger charge is -2.31. The van der Waals surface area contributed by atoms with Gasteiger partial charge in [0.05, 0.1) is 6.04 Å². The zero-order valence-electron chi connectivity index (χ0n) is 8.11. The predicted molar refractivity (Wildman–Crippen MR) is 48.9 cm³/mol. The van der Waals surface area contributed by atoms with Crippen molar-refractivity contribution in [3.05, 3.63) is 0 Å². The van der Waals surface area contributed by atoms with Crippen molar-refractivity contribution >= 4 is 5.91 Å². The molecule has 0 radical (unpaired) electrons. The van der Waals surface area contributed by atoms with Gasteiger partial charge in [-0.25, -0.2) is 0 Å². The molecule has 1 heterocycles. The lowest BCUT2D eigenvalue weighted by molar-refractivity contribution is -0.130. The molecule has 1 aliphatic rings.